The fraction of sp³-hybridized carbons (Fsp3) is 1.00. The number of methoxy groups -OCH3 is 1. The molecule has 0 saturated heterocycles. The lowest BCUT2D eigenvalue weighted by Gasteiger charge is -2.36. The first-order valence-electron chi connectivity index (χ1n) is 8.25. The molecule has 1 unspecified atom stereocenters. The van der Waals surface area contributed by atoms with Crippen LogP contribution in [-0.2, 0) is 4.74 Å². The van der Waals surface area contributed by atoms with Gasteiger partial charge in [-0.25, -0.2) is 0 Å². The first kappa shape index (κ1) is 17.0. The van der Waals surface area contributed by atoms with E-state index in [2.05, 4.69) is 33.0 Å². The number of nitrogens with one attached hydrogen (secondary N) is 1. The Morgan fingerprint density at radius 2 is 1.79 bits per heavy atom. The number of unbranched alkanes of at least 4 members (excludes halogenated alkanes) is 1. The molecule has 1 saturated carbocycles. The minimum Gasteiger partial charge on any atom is -0.379 e. The zero-order chi connectivity index (χ0) is 14.4. The Labute approximate surface area is 120 Å². The highest BCUT2D eigenvalue weighted by Crippen LogP contribution is 2.37. The SMILES string of the molecule is CCCCC(CC)(CCC(C)(C)OC)CNC1CC1. The molecule has 0 aromatic heterocycles. The van der Waals surface area contributed by atoms with Crippen molar-refractivity contribution in [3.63, 3.8) is 0 Å². The van der Waals surface area contributed by atoms with E-state index in [1.54, 1.807) is 0 Å². The summed E-state index contributed by atoms with van der Waals surface area (Å²) in [6.45, 7) is 10.3. The molecule has 0 aromatic rings. The van der Waals surface area contributed by atoms with Gasteiger partial charge in [-0.1, -0.05) is 26.7 Å². The van der Waals surface area contributed by atoms with Gasteiger partial charge in [0.25, 0.3) is 0 Å². The van der Waals surface area contributed by atoms with Crippen LogP contribution in [0, 0.1) is 5.41 Å². The number of hydrogen-bond donors (Lipinski definition) is 1. The summed E-state index contributed by atoms with van der Waals surface area (Å²) in [5.74, 6) is 0. The summed E-state index contributed by atoms with van der Waals surface area (Å²) < 4.78 is 5.60. The van der Waals surface area contributed by atoms with Crippen molar-refractivity contribution < 1.29 is 4.74 Å². The molecule has 1 rings (SSSR count). The molecule has 1 N–H and O–H groups in total. The van der Waals surface area contributed by atoms with Gasteiger partial charge in [-0.3, -0.25) is 0 Å². The van der Waals surface area contributed by atoms with E-state index in [4.69, 9.17) is 4.74 Å². The number of rotatable bonds is 11. The average Bonchev–Trinajstić information content (AvgIpc) is 3.23. The summed E-state index contributed by atoms with van der Waals surface area (Å²) in [5.41, 5.74) is 0.501. The largest absolute Gasteiger partial charge is 0.379 e. The summed E-state index contributed by atoms with van der Waals surface area (Å²) in [4.78, 5) is 0. The summed E-state index contributed by atoms with van der Waals surface area (Å²) >= 11 is 0. The summed E-state index contributed by atoms with van der Waals surface area (Å²) in [6, 6.07) is 0.822. The third-order valence-electron chi connectivity index (χ3n) is 4.96. The maximum Gasteiger partial charge on any atom is 0.0623 e. The molecule has 2 heteroatoms. The van der Waals surface area contributed by atoms with Gasteiger partial charge >= 0.3 is 0 Å². The van der Waals surface area contributed by atoms with Crippen LogP contribution in [0.3, 0.4) is 0 Å². The van der Waals surface area contributed by atoms with Crippen molar-refractivity contribution in [3.05, 3.63) is 0 Å². The molecular formula is C17H35NO. The van der Waals surface area contributed by atoms with Gasteiger partial charge in [0.1, 0.15) is 0 Å². The molecule has 0 bridgehead atoms. The van der Waals surface area contributed by atoms with Gasteiger partial charge in [0, 0.05) is 19.7 Å². The highest BCUT2D eigenvalue weighted by atomic mass is 16.5. The highest BCUT2D eigenvalue weighted by molar-refractivity contribution is 4.88. The van der Waals surface area contributed by atoms with E-state index < -0.39 is 0 Å². The first-order chi connectivity index (χ1) is 8.97. The van der Waals surface area contributed by atoms with Gasteiger partial charge in [-0.05, 0) is 57.8 Å². The average molecular weight is 269 g/mol. The molecule has 0 spiro atoms. The minimum absolute atomic E-state index is 0.0201. The Balaban J connectivity index is 2.53. The Bertz CT molecular complexity index is 248. The van der Waals surface area contributed by atoms with E-state index in [9.17, 15) is 0 Å². The van der Waals surface area contributed by atoms with E-state index in [1.807, 2.05) is 7.11 Å². The van der Waals surface area contributed by atoms with Crippen molar-refractivity contribution in [1.29, 1.82) is 0 Å². The van der Waals surface area contributed by atoms with Crippen LogP contribution < -0.4 is 5.32 Å². The van der Waals surface area contributed by atoms with Gasteiger partial charge in [0.05, 0.1) is 5.60 Å². The van der Waals surface area contributed by atoms with Gasteiger partial charge in [0.15, 0.2) is 0 Å². The van der Waals surface area contributed by atoms with Crippen LogP contribution in [0.4, 0.5) is 0 Å². The fourth-order valence-electron chi connectivity index (χ4n) is 2.65. The molecule has 1 fully saturated rings. The topological polar surface area (TPSA) is 21.3 Å². The molecule has 19 heavy (non-hydrogen) atoms. The maximum atomic E-state index is 5.60. The third-order valence-corrected chi connectivity index (χ3v) is 4.96. The van der Waals surface area contributed by atoms with E-state index in [1.165, 1.54) is 51.5 Å². The predicted octanol–water partition coefficient (Wildman–Crippen LogP) is 4.53. The first-order valence-corrected chi connectivity index (χ1v) is 8.25. The Kier molecular flexibility index (Phi) is 6.82. The lowest BCUT2D eigenvalue weighted by Crippen LogP contribution is -2.37. The molecule has 114 valence electrons. The highest BCUT2D eigenvalue weighted by Gasteiger charge is 2.32. The quantitative estimate of drug-likeness (QED) is 0.595. The molecule has 2 nitrogen and oxygen atoms in total. The second-order valence-corrected chi connectivity index (χ2v) is 7.08. The van der Waals surface area contributed by atoms with Crippen molar-refractivity contribution in [1.82, 2.24) is 5.32 Å². The van der Waals surface area contributed by atoms with Crippen LogP contribution in [-0.4, -0.2) is 25.3 Å². The summed E-state index contributed by atoms with van der Waals surface area (Å²) in [6.07, 6.45) is 10.5. The van der Waals surface area contributed by atoms with Crippen LogP contribution in [0.2, 0.25) is 0 Å². The Hall–Kier alpha value is -0.0800. The second-order valence-electron chi connectivity index (χ2n) is 7.08. The molecule has 0 amide bonds. The Morgan fingerprint density at radius 3 is 2.26 bits per heavy atom. The predicted molar refractivity (Wildman–Crippen MR) is 83.6 cm³/mol. The van der Waals surface area contributed by atoms with Gasteiger partial charge < -0.3 is 10.1 Å². The second kappa shape index (κ2) is 7.64. The van der Waals surface area contributed by atoms with Gasteiger partial charge in [0.2, 0.25) is 0 Å². The zero-order valence-electron chi connectivity index (χ0n) is 13.8. The van der Waals surface area contributed by atoms with E-state index in [0.29, 0.717) is 5.41 Å². The van der Waals surface area contributed by atoms with Crippen molar-refractivity contribution in [3.8, 4) is 0 Å². The molecule has 1 aliphatic carbocycles. The molecule has 1 aliphatic rings. The normalized spacial score (nSPS) is 19.4. The zero-order valence-corrected chi connectivity index (χ0v) is 13.8. The standard InChI is InChI=1S/C17H35NO/c1-6-8-11-17(7-2,14-18-15-9-10-15)13-12-16(3,4)19-5/h15,18H,6-14H2,1-5H3. The van der Waals surface area contributed by atoms with Crippen molar-refractivity contribution >= 4 is 0 Å². The maximum absolute atomic E-state index is 5.60. The van der Waals surface area contributed by atoms with Crippen molar-refractivity contribution in [2.24, 2.45) is 5.41 Å². The van der Waals surface area contributed by atoms with Crippen LogP contribution in [0.25, 0.3) is 0 Å². The monoisotopic (exact) mass is 269 g/mol. The third kappa shape index (κ3) is 6.27. The van der Waals surface area contributed by atoms with E-state index in [-0.39, 0.29) is 5.60 Å². The van der Waals surface area contributed by atoms with Crippen LogP contribution in [0.15, 0.2) is 0 Å². The van der Waals surface area contributed by atoms with Gasteiger partial charge in [-0.2, -0.15) is 0 Å². The summed E-state index contributed by atoms with van der Waals surface area (Å²) in [5, 5.41) is 3.77. The number of ether oxygens (including phenoxy) is 1. The minimum atomic E-state index is 0.0201. The Morgan fingerprint density at radius 1 is 1.11 bits per heavy atom. The smallest absolute Gasteiger partial charge is 0.0623 e. The lowest BCUT2D eigenvalue weighted by molar-refractivity contribution is 0.00163. The molecular weight excluding hydrogens is 234 g/mol. The lowest BCUT2D eigenvalue weighted by atomic mass is 9.74. The fourth-order valence-corrected chi connectivity index (χ4v) is 2.65. The molecule has 0 radical (unpaired) electrons. The van der Waals surface area contributed by atoms with E-state index >= 15 is 0 Å². The summed E-state index contributed by atoms with van der Waals surface area (Å²) in [7, 11) is 1.84. The van der Waals surface area contributed by atoms with Gasteiger partial charge in [-0.15, -0.1) is 0 Å². The molecule has 1 atom stereocenters. The van der Waals surface area contributed by atoms with Crippen molar-refractivity contribution in [2.45, 2.75) is 90.7 Å². The molecule has 0 aromatic carbocycles. The van der Waals surface area contributed by atoms with Crippen LogP contribution in [0.5, 0.6) is 0 Å². The molecule has 0 heterocycles. The van der Waals surface area contributed by atoms with Crippen LogP contribution in [0.1, 0.15) is 79.1 Å². The molecule has 0 aliphatic heterocycles. The van der Waals surface area contributed by atoms with Crippen molar-refractivity contribution in [2.75, 3.05) is 13.7 Å². The van der Waals surface area contributed by atoms with E-state index in [0.717, 1.165) is 12.5 Å². The number of hydrogen-bond acceptors (Lipinski definition) is 2. The van der Waals surface area contributed by atoms with Crippen LogP contribution >= 0.6 is 0 Å².